The van der Waals surface area contributed by atoms with Crippen LogP contribution in [-0.2, 0) is 9.59 Å². The number of carbonyl (C=O) groups is 2. The molecule has 116 valence electrons. The van der Waals surface area contributed by atoms with E-state index in [2.05, 4.69) is 9.97 Å². The molecule has 0 aliphatic carbocycles. The second-order valence-electron chi connectivity index (χ2n) is 4.74. The summed E-state index contributed by atoms with van der Waals surface area (Å²) < 4.78 is 0.330. The van der Waals surface area contributed by atoms with Crippen molar-refractivity contribution in [2.45, 2.75) is 6.42 Å². The Bertz CT molecular complexity index is 851. The lowest BCUT2D eigenvalue weighted by atomic mass is 10.3. The van der Waals surface area contributed by atoms with Crippen LogP contribution < -0.4 is 5.11 Å². The monoisotopic (exact) mass is 344 g/mol. The average Bonchev–Trinajstić information content (AvgIpc) is 2.79. The molecule has 0 bridgehead atoms. The number of para-hydroxylation sites is 2. The molecule has 1 aliphatic heterocycles. The molecule has 8 heteroatoms. The number of amides is 1. The van der Waals surface area contributed by atoms with Crippen molar-refractivity contribution >= 4 is 57.3 Å². The minimum absolute atomic E-state index is 0.00768. The van der Waals surface area contributed by atoms with E-state index in [1.807, 2.05) is 24.3 Å². The van der Waals surface area contributed by atoms with Crippen LogP contribution in [-0.4, -0.2) is 37.6 Å². The summed E-state index contributed by atoms with van der Waals surface area (Å²) in [5.74, 6) is -1.54. The third-order valence-corrected chi connectivity index (χ3v) is 4.54. The van der Waals surface area contributed by atoms with E-state index < -0.39 is 5.97 Å². The van der Waals surface area contributed by atoms with Gasteiger partial charge in [0.05, 0.1) is 27.8 Å². The van der Waals surface area contributed by atoms with Crippen LogP contribution in [0.25, 0.3) is 17.1 Å². The summed E-state index contributed by atoms with van der Waals surface area (Å²) in [6, 6.07) is 7.43. The molecule has 2 aromatic rings. The van der Waals surface area contributed by atoms with Crippen LogP contribution in [0.4, 0.5) is 0 Å². The lowest BCUT2D eigenvalue weighted by molar-refractivity contribution is -0.305. The highest BCUT2D eigenvalue weighted by Crippen LogP contribution is 2.32. The molecule has 1 saturated heterocycles. The number of rotatable bonds is 4. The van der Waals surface area contributed by atoms with Gasteiger partial charge in [-0.2, -0.15) is 0 Å². The molecule has 0 spiro atoms. The third kappa shape index (κ3) is 3.38. The molecule has 0 radical (unpaired) electrons. The van der Waals surface area contributed by atoms with Crippen LogP contribution in [0.5, 0.6) is 0 Å². The van der Waals surface area contributed by atoms with E-state index in [1.165, 1.54) is 4.90 Å². The van der Waals surface area contributed by atoms with E-state index in [0.717, 1.165) is 22.8 Å². The fourth-order valence-corrected chi connectivity index (χ4v) is 3.36. The first-order valence-corrected chi connectivity index (χ1v) is 7.94. The summed E-state index contributed by atoms with van der Waals surface area (Å²) in [7, 11) is 0. The molecule has 0 atom stereocenters. The Morgan fingerprint density at radius 1 is 1.35 bits per heavy atom. The number of aromatic nitrogens is 2. The van der Waals surface area contributed by atoms with Gasteiger partial charge in [-0.15, -0.1) is 0 Å². The molecule has 6 nitrogen and oxygen atoms in total. The van der Waals surface area contributed by atoms with Crippen molar-refractivity contribution < 1.29 is 14.7 Å². The standard InChI is InChI=1S/C15H11N3O3S2/c19-13(20)5-6-18-14(21)12(23-15(18)22)7-9-8-16-10-3-1-2-4-11(10)17-9/h1-4,7-8H,5-6H2,(H,19,20)/p-1/b12-7+. The lowest BCUT2D eigenvalue weighted by Gasteiger charge is -2.14. The normalized spacial score (nSPS) is 16.5. The van der Waals surface area contributed by atoms with E-state index in [1.54, 1.807) is 12.3 Å². The number of carboxylic acid groups (broad SMARTS) is 1. The van der Waals surface area contributed by atoms with Crippen LogP contribution in [0.2, 0.25) is 0 Å². The van der Waals surface area contributed by atoms with Crippen LogP contribution in [0.15, 0.2) is 35.4 Å². The van der Waals surface area contributed by atoms with Gasteiger partial charge in [0.25, 0.3) is 5.91 Å². The molecule has 23 heavy (non-hydrogen) atoms. The highest BCUT2D eigenvalue weighted by Gasteiger charge is 2.31. The average molecular weight is 344 g/mol. The van der Waals surface area contributed by atoms with Crippen molar-refractivity contribution in [1.29, 1.82) is 0 Å². The van der Waals surface area contributed by atoms with E-state index >= 15 is 0 Å². The number of thiocarbonyl (C=S) groups is 1. The number of hydrogen-bond donors (Lipinski definition) is 0. The van der Waals surface area contributed by atoms with Crippen molar-refractivity contribution in [2.75, 3.05) is 6.54 Å². The maximum Gasteiger partial charge on any atom is 0.266 e. The Kier molecular flexibility index (Phi) is 4.35. The Balaban J connectivity index is 1.85. The van der Waals surface area contributed by atoms with Gasteiger partial charge in [-0.1, -0.05) is 36.1 Å². The van der Waals surface area contributed by atoms with Gasteiger partial charge in [0, 0.05) is 18.9 Å². The first-order valence-electron chi connectivity index (χ1n) is 6.71. The Morgan fingerprint density at radius 3 is 2.83 bits per heavy atom. The molecular weight excluding hydrogens is 334 g/mol. The number of nitrogens with zero attached hydrogens (tertiary/aromatic N) is 3. The lowest BCUT2D eigenvalue weighted by Crippen LogP contribution is -2.33. The maximum absolute atomic E-state index is 12.3. The first kappa shape index (κ1) is 15.6. The zero-order valence-electron chi connectivity index (χ0n) is 11.8. The minimum atomic E-state index is -1.22. The molecule has 1 aromatic heterocycles. The Labute approximate surface area is 141 Å². The molecule has 1 fully saturated rings. The fraction of sp³-hybridized carbons (Fsp3) is 0.133. The van der Waals surface area contributed by atoms with Crippen molar-refractivity contribution in [3.05, 3.63) is 41.1 Å². The number of thioether (sulfide) groups is 1. The van der Waals surface area contributed by atoms with Crippen molar-refractivity contribution in [1.82, 2.24) is 14.9 Å². The van der Waals surface area contributed by atoms with E-state index in [4.69, 9.17) is 12.2 Å². The van der Waals surface area contributed by atoms with E-state index in [-0.39, 0.29) is 18.9 Å². The van der Waals surface area contributed by atoms with Crippen molar-refractivity contribution in [3.63, 3.8) is 0 Å². The maximum atomic E-state index is 12.3. The topological polar surface area (TPSA) is 86.2 Å². The van der Waals surface area contributed by atoms with Crippen LogP contribution in [0.1, 0.15) is 12.1 Å². The molecule has 3 rings (SSSR count). The molecule has 1 aliphatic rings. The van der Waals surface area contributed by atoms with Gasteiger partial charge in [-0.3, -0.25) is 14.7 Å². The Hall–Kier alpha value is -2.32. The summed E-state index contributed by atoms with van der Waals surface area (Å²) in [6.07, 6.45) is 2.93. The molecule has 0 N–H and O–H groups in total. The highest BCUT2D eigenvalue weighted by molar-refractivity contribution is 8.26. The summed E-state index contributed by atoms with van der Waals surface area (Å²) in [6.45, 7) is 0.00768. The molecule has 1 amide bonds. The number of carbonyl (C=O) groups excluding carboxylic acids is 2. The minimum Gasteiger partial charge on any atom is -0.550 e. The van der Waals surface area contributed by atoms with Crippen LogP contribution >= 0.6 is 24.0 Å². The second-order valence-corrected chi connectivity index (χ2v) is 6.41. The van der Waals surface area contributed by atoms with Crippen LogP contribution in [0, 0.1) is 0 Å². The molecule has 0 unspecified atom stereocenters. The molecular formula is C15H10N3O3S2-. The predicted octanol–water partition coefficient (Wildman–Crippen LogP) is 0.971. The number of aliphatic carboxylic acids is 1. The molecule has 1 aromatic carbocycles. The number of benzene rings is 1. The summed E-state index contributed by atoms with van der Waals surface area (Å²) in [5.41, 5.74) is 2.05. The third-order valence-electron chi connectivity index (χ3n) is 3.16. The van der Waals surface area contributed by atoms with Crippen molar-refractivity contribution in [3.8, 4) is 0 Å². The number of hydrogen-bond acceptors (Lipinski definition) is 7. The number of fused-ring (bicyclic) bond motifs is 1. The zero-order valence-corrected chi connectivity index (χ0v) is 13.4. The largest absolute Gasteiger partial charge is 0.550 e. The van der Waals surface area contributed by atoms with Gasteiger partial charge in [0.2, 0.25) is 0 Å². The molecule has 2 heterocycles. The Morgan fingerprint density at radius 2 is 2.09 bits per heavy atom. The fourth-order valence-electron chi connectivity index (χ4n) is 2.07. The van der Waals surface area contributed by atoms with Gasteiger partial charge in [0.1, 0.15) is 4.32 Å². The SMILES string of the molecule is O=C([O-])CCN1C(=O)/C(=C\c2cnc3ccccc3n2)SC1=S. The van der Waals surface area contributed by atoms with E-state index in [0.29, 0.717) is 14.9 Å². The molecule has 0 saturated carbocycles. The van der Waals surface area contributed by atoms with Gasteiger partial charge in [-0.25, -0.2) is 4.98 Å². The summed E-state index contributed by atoms with van der Waals surface area (Å²) in [4.78, 5) is 33.2. The predicted molar refractivity (Wildman–Crippen MR) is 89.0 cm³/mol. The second kappa shape index (κ2) is 6.43. The first-order chi connectivity index (χ1) is 11.0. The van der Waals surface area contributed by atoms with Gasteiger partial charge >= 0.3 is 0 Å². The smallest absolute Gasteiger partial charge is 0.266 e. The quantitative estimate of drug-likeness (QED) is 0.603. The van der Waals surface area contributed by atoms with E-state index in [9.17, 15) is 14.7 Å². The van der Waals surface area contributed by atoms with Crippen molar-refractivity contribution in [2.24, 2.45) is 0 Å². The number of carboxylic acids is 1. The highest BCUT2D eigenvalue weighted by atomic mass is 32.2. The van der Waals surface area contributed by atoms with Gasteiger partial charge in [-0.05, 0) is 18.2 Å². The zero-order chi connectivity index (χ0) is 16.4. The van der Waals surface area contributed by atoms with Gasteiger partial charge < -0.3 is 9.90 Å². The van der Waals surface area contributed by atoms with Crippen LogP contribution in [0.3, 0.4) is 0 Å². The summed E-state index contributed by atoms with van der Waals surface area (Å²) in [5, 5.41) is 10.5. The summed E-state index contributed by atoms with van der Waals surface area (Å²) >= 11 is 6.24. The van der Waals surface area contributed by atoms with Gasteiger partial charge in [0.15, 0.2) is 0 Å².